The largest absolute Gasteiger partial charge is 0.481 e. The lowest BCUT2D eigenvalue weighted by Crippen LogP contribution is -2.35. The fourth-order valence-corrected chi connectivity index (χ4v) is 1.85. The molecule has 0 aromatic carbocycles. The Bertz CT molecular complexity index is 316. The van der Waals surface area contributed by atoms with E-state index in [9.17, 15) is 9.59 Å². The maximum absolute atomic E-state index is 11.7. The minimum atomic E-state index is -0.930. The van der Waals surface area contributed by atoms with Gasteiger partial charge in [0.05, 0.1) is 17.4 Å². The molecule has 0 aliphatic heterocycles. The number of carbonyl (C=O) groups excluding carboxylic acids is 1. The van der Waals surface area contributed by atoms with Crippen LogP contribution in [0, 0.1) is 17.3 Å². The van der Waals surface area contributed by atoms with Crippen LogP contribution in [0.3, 0.4) is 0 Å². The summed E-state index contributed by atoms with van der Waals surface area (Å²) >= 11 is 0. The molecule has 0 heterocycles. The van der Waals surface area contributed by atoms with Crippen molar-refractivity contribution in [2.75, 3.05) is 0 Å². The first-order valence-electron chi connectivity index (χ1n) is 5.28. The van der Waals surface area contributed by atoms with Gasteiger partial charge in [-0.2, -0.15) is 0 Å². The fraction of sp³-hybridized carbons (Fsp3) is 0.818. The van der Waals surface area contributed by atoms with Crippen LogP contribution in [0.2, 0.25) is 0 Å². The first-order chi connectivity index (χ1) is 7.07. The topological polar surface area (TPSA) is 75.6 Å². The molecule has 0 saturated heterocycles. The van der Waals surface area contributed by atoms with E-state index in [1.807, 2.05) is 0 Å². The Balaban J connectivity index is 2.55. The van der Waals surface area contributed by atoms with Crippen molar-refractivity contribution < 1.29 is 19.5 Å². The Morgan fingerprint density at radius 3 is 2.06 bits per heavy atom. The van der Waals surface area contributed by atoms with Gasteiger partial charge in [-0.1, -0.05) is 13.8 Å². The van der Waals surface area contributed by atoms with Gasteiger partial charge in [0.1, 0.15) is 0 Å². The van der Waals surface area contributed by atoms with E-state index >= 15 is 0 Å². The van der Waals surface area contributed by atoms with E-state index in [-0.39, 0.29) is 5.91 Å². The summed E-state index contributed by atoms with van der Waals surface area (Å²) in [4.78, 5) is 27.7. The van der Waals surface area contributed by atoms with Crippen LogP contribution in [0.1, 0.15) is 34.6 Å². The third kappa shape index (κ3) is 2.52. The van der Waals surface area contributed by atoms with Crippen LogP contribution < -0.4 is 5.48 Å². The predicted molar refractivity (Wildman–Crippen MR) is 57.4 cm³/mol. The molecule has 1 amide bonds. The molecular weight excluding hydrogens is 210 g/mol. The second-order valence-electron chi connectivity index (χ2n) is 5.80. The summed E-state index contributed by atoms with van der Waals surface area (Å²) in [5.41, 5.74) is 1.36. The normalized spacial score (nSPS) is 27.3. The number of carboxylic acids is 1. The van der Waals surface area contributed by atoms with E-state index in [4.69, 9.17) is 9.94 Å². The average Bonchev–Trinajstić information content (AvgIpc) is 2.63. The van der Waals surface area contributed by atoms with Gasteiger partial charge in [0.2, 0.25) is 5.91 Å². The van der Waals surface area contributed by atoms with Crippen molar-refractivity contribution in [3.63, 3.8) is 0 Å². The molecule has 0 bridgehead atoms. The lowest BCUT2D eigenvalue weighted by atomic mass is 10.1. The summed E-state index contributed by atoms with van der Waals surface area (Å²) in [5, 5.41) is 8.92. The molecule has 0 aromatic rings. The van der Waals surface area contributed by atoms with Crippen LogP contribution in [-0.2, 0) is 14.4 Å². The smallest absolute Gasteiger partial charge is 0.307 e. The van der Waals surface area contributed by atoms with Gasteiger partial charge in [-0.15, -0.1) is 0 Å². The van der Waals surface area contributed by atoms with Crippen molar-refractivity contribution in [2.45, 2.75) is 40.2 Å². The van der Waals surface area contributed by atoms with Gasteiger partial charge >= 0.3 is 5.97 Å². The van der Waals surface area contributed by atoms with Crippen molar-refractivity contribution >= 4 is 11.9 Å². The second-order valence-corrected chi connectivity index (χ2v) is 5.80. The molecule has 0 spiro atoms. The van der Waals surface area contributed by atoms with Crippen LogP contribution in [0.4, 0.5) is 0 Å². The van der Waals surface area contributed by atoms with Gasteiger partial charge in [0.15, 0.2) is 0 Å². The van der Waals surface area contributed by atoms with E-state index in [2.05, 4.69) is 5.48 Å². The van der Waals surface area contributed by atoms with Gasteiger partial charge in [-0.3, -0.25) is 14.4 Å². The molecule has 0 aromatic heterocycles. The second kappa shape index (κ2) is 3.73. The Hall–Kier alpha value is -1.10. The van der Waals surface area contributed by atoms with Gasteiger partial charge < -0.3 is 5.11 Å². The highest BCUT2D eigenvalue weighted by atomic mass is 16.7. The van der Waals surface area contributed by atoms with E-state index in [0.717, 1.165) is 0 Å². The molecule has 0 unspecified atom stereocenters. The number of aliphatic carboxylic acids is 1. The van der Waals surface area contributed by atoms with Crippen LogP contribution >= 0.6 is 0 Å². The quantitative estimate of drug-likeness (QED) is 0.713. The summed E-state index contributed by atoms with van der Waals surface area (Å²) in [5.74, 6) is -2.41. The van der Waals surface area contributed by atoms with Crippen LogP contribution in [0.15, 0.2) is 0 Å². The van der Waals surface area contributed by atoms with Crippen molar-refractivity contribution in [1.29, 1.82) is 0 Å². The summed E-state index contributed by atoms with van der Waals surface area (Å²) in [7, 11) is 0. The number of nitrogens with one attached hydrogen (secondary N) is 1. The van der Waals surface area contributed by atoms with Crippen LogP contribution in [0.25, 0.3) is 0 Å². The summed E-state index contributed by atoms with van der Waals surface area (Å²) < 4.78 is 0. The van der Waals surface area contributed by atoms with E-state index in [1.165, 1.54) is 0 Å². The summed E-state index contributed by atoms with van der Waals surface area (Å²) in [6.45, 7) is 8.96. The van der Waals surface area contributed by atoms with Gasteiger partial charge in [0, 0.05) is 0 Å². The molecule has 2 atom stereocenters. The third-order valence-corrected chi connectivity index (χ3v) is 2.83. The maximum atomic E-state index is 11.7. The third-order valence-electron chi connectivity index (χ3n) is 2.83. The van der Waals surface area contributed by atoms with Gasteiger partial charge in [0.25, 0.3) is 0 Å². The zero-order chi connectivity index (χ0) is 12.7. The molecule has 5 heteroatoms. The summed E-state index contributed by atoms with van der Waals surface area (Å²) in [6.07, 6.45) is 0. The fourth-order valence-electron chi connectivity index (χ4n) is 1.85. The molecule has 2 N–H and O–H groups in total. The zero-order valence-corrected chi connectivity index (χ0v) is 10.3. The van der Waals surface area contributed by atoms with Crippen molar-refractivity contribution in [3.8, 4) is 0 Å². The highest BCUT2D eigenvalue weighted by Crippen LogP contribution is 2.58. The molecule has 92 valence electrons. The number of hydroxylamine groups is 1. The number of rotatable bonds is 3. The number of amides is 1. The van der Waals surface area contributed by atoms with E-state index in [1.54, 1.807) is 34.6 Å². The summed E-state index contributed by atoms with van der Waals surface area (Å²) in [6, 6.07) is 0. The lowest BCUT2D eigenvalue weighted by Gasteiger charge is -2.19. The molecule has 5 nitrogen and oxygen atoms in total. The van der Waals surface area contributed by atoms with Gasteiger partial charge in [-0.05, 0) is 26.2 Å². The minimum absolute atomic E-state index is 0.354. The monoisotopic (exact) mass is 229 g/mol. The van der Waals surface area contributed by atoms with E-state index < -0.39 is 28.8 Å². The number of carbonyl (C=O) groups is 2. The highest BCUT2D eigenvalue weighted by Gasteiger charge is 2.66. The first-order valence-corrected chi connectivity index (χ1v) is 5.28. The van der Waals surface area contributed by atoms with Crippen LogP contribution in [-0.4, -0.2) is 22.6 Å². The van der Waals surface area contributed by atoms with Crippen molar-refractivity contribution in [1.82, 2.24) is 5.48 Å². The van der Waals surface area contributed by atoms with Crippen LogP contribution in [0.5, 0.6) is 0 Å². The Kier molecular flexibility index (Phi) is 3.02. The average molecular weight is 229 g/mol. The van der Waals surface area contributed by atoms with Gasteiger partial charge in [-0.25, -0.2) is 5.48 Å². The molecule has 16 heavy (non-hydrogen) atoms. The molecule has 1 aliphatic carbocycles. The molecular formula is C11H19NO4. The standard InChI is InChI=1S/C11H19NO4/c1-10(2,3)16-12-8(13)6-7(9(14)15)11(6,4)5/h6-7H,1-5H3,(H,12,13)(H,14,15)/t6-,7+/m1/s1. The lowest BCUT2D eigenvalue weighted by molar-refractivity contribution is -0.149. The zero-order valence-electron chi connectivity index (χ0n) is 10.3. The molecule has 1 aliphatic rings. The first kappa shape index (κ1) is 13.0. The van der Waals surface area contributed by atoms with E-state index in [0.29, 0.717) is 0 Å². The Morgan fingerprint density at radius 1 is 1.25 bits per heavy atom. The molecule has 1 rings (SSSR count). The maximum Gasteiger partial charge on any atom is 0.307 e. The van der Waals surface area contributed by atoms with Crippen molar-refractivity contribution in [3.05, 3.63) is 0 Å². The predicted octanol–water partition coefficient (Wildman–Crippen LogP) is 1.19. The molecule has 1 fully saturated rings. The number of hydrogen-bond acceptors (Lipinski definition) is 3. The Labute approximate surface area is 95.1 Å². The highest BCUT2D eigenvalue weighted by molar-refractivity contribution is 5.91. The SMILES string of the molecule is CC(C)(C)ONC(=O)[C@H]1[C@@H](C(=O)O)C1(C)C. The number of hydrogen-bond donors (Lipinski definition) is 2. The Morgan fingerprint density at radius 2 is 1.75 bits per heavy atom. The minimum Gasteiger partial charge on any atom is -0.481 e. The van der Waals surface area contributed by atoms with Crippen molar-refractivity contribution in [2.24, 2.45) is 17.3 Å². The number of carboxylic acid groups (broad SMARTS) is 1. The molecule has 0 radical (unpaired) electrons. The molecule has 1 saturated carbocycles.